The van der Waals surface area contributed by atoms with Gasteiger partial charge in [0, 0.05) is 19.0 Å². The van der Waals surface area contributed by atoms with Crippen molar-refractivity contribution >= 4 is 11.8 Å². The van der Waals surface area contributed by atoms with E-state index in [4.69, 9.17) is 4.74 Å². The third-order valence-electron chi connectivity index (χ3n) is 4.46. The molecule has 1 saturated heterocycles. The van der Waals surface area contributed by atoms with Gasteiger partial charge in [-0.3, -0.25) is 19.6 Å². The zero-order chi connectivity index (χ0) is 18.5. The maximum atomic E-state index is 12.3. The molecule has 2 amide bonds. The van der Waals surface area contributed by atoms with Crippen molar-refractivity contribution in [3.8, 4) is 5.75 Å². The maximum Gasteiger partial charge on any atom is 0.251 e. The molecule has 2 aromatic rings. The maximum absolute atomic E-state index is 12.3. The molecule has 3 rings (SSSR count). The molecule has 7 nitrogen and oxygen atoms in total. The van der Waals surface area contributed by atoms with Gasteiger partial charge in [-0.05, 0) is 31.0 Å². The van der Waals surface area contributed by atoms with Crippen molar-refractivity contribution in [2.45, 2.75) is 32.4 Å². The number of hydrogen-bond donors (Lipinski definition) is 1. The van der Waals surface area contributed by atoms with Crippen LogP contribution in [0.25, 0.3) is 0 Å². The van der Waals surface area contributed by atoms with Gasteiger partial charge in [-0.25, -0.2) is 0 Å². The summed E-state index contributed by atoms with van der Waals surface area (Å²) in [5.41, 5.74) is 1.95. The van der Waals surface area contributed by atoms with E-state index in [0.717, 1.165) is 25.1 Å². The fourth-order valence-electron chi connectivity index (χ4n) is 3.16. The second kappa shape index (κ2) is 7.95. The van der Waals surface area contributed by atoms with Crippen molar-refractivity contribution < 1.29 is 14.3 Å². The quantitative estimate of drug-likeness (QED) is 0.889. The van der Waals surface area contributed by atoms with Gasteiger partial charge in [0.25, 0.3) is 5.91 Å². The van der Waals surface area contributed by atoms with Crippen molar-refractivity contribution in [2.75, 3.05) is 13.7 Å². The van der Waals surface area contributed by atoms with E-state index in [1.54, 1.807) is 50.7 Å². The van der Waals surface area contributed by atoms with E-state index in [9.17, 15) is 9.59 Å². The molecule has 1 aliphatic heterocycles. The predicted molar refractivity (Wildman–Crippen MR) is 95.6 cm³/mol. The van der Waals surface area contributed by atoms with Gasteiger partial charge in [0.15, 0.2) is 0 Å². The zero-order valence-electron chi connectivity index (χ0n) is 14.9. The Morgan fingerprint density at radius 3 is 2.96 bits per heavy atom. The van der Waals surface area contributed by atoms with Crippen LogP contribution in [-0.4, -0.2) is 40.3 Å². The topological polar surface area (TPSA) is 84.4 Å². The Kier molecular flexibility index (Phi) is 5.46. The summed E-state index contributed by atoms with van der Waals surface area (Å²) < 4.78 is 5.14. The summed E-state index contributed by atoms with van der Waals surface area (Å²) in [6.45, 7) is 2.59. The minimum Gasteiger partial charge on any atom is -0.497 e. The lowest BCUT2D eigenvalue weighted by Crippen LogP contribution is -2.29. The summed E-state index contributed by atoms with van der Waals surface area (Å²) in [4.78, 5) is 34.7. The average Bonchev–Trinajstić information content (AvgIpc) is 3.16. The van der Waals surface area contributed by atoms with E-state index < -0.39 is 0 Å². The fourth-order valence-corrected chi connectivity index (χ4v) is 3.16. The number of methoxy groups -OCH3 is 1. The zero-order valence-corrected chi connectivity index (χ0v) is 14.9. The number of amides is 2. The molecule has 0 unspecified atom stereocenters. The molecule has 0 saturated carbocycles. The number of hydrogen-bond acceptors (Lipinski definition) is 5. The highest BCUT2D eigenvalue weighted by atomic mass is 16.5. The van der Waals surface area contributed by atoms with Crippen LogP contribution < -0.4 is 10.1 Å². The van der Waals surface area contributed by atoms with E-state index in [-0.39, 0.29) is 24.4 Å². The molecule has 1 N–H and O–H groups in total. The first-order valence-corrected chi connectivity index (χ1v) is 8.59. The second-order valence-electron chi connectivity index (χ2n) is 6.22. The first-order valence-electron chi connectivity index (χ1n) is 8.59. The standard InChI is InChI=1S/C19H22N4O3/c1-13(24)23-8-4-7-18(23)17-12-20-10-15(22-17)11-21-19(25)14-5-3-6-16(9-14)26-2/h3,5-6,9-10,12,18H,4,7-8,11H2,1-2H3,(H,21,25)/t18-/m1/s1. The van der Waals surface area contributed by atoms with Gasteiger partial charge in [-0.1, -0.05) is 6.07 Å². The summed E-state index contributed by atoms with van der Waals surface area (Å²) >= 11 is 0. The van der Waals surface area contributed by atoms with Crippen molar-refractivity contribution in [3.63, 3.8) is 0 Å². The van der Waals surface area contributed by atoms with Crippen molar-refractivity contribution in [1.29, 1.82) is 0 Å². The number of ether oxygens (including phenoxy) is 1. The second-order valence-corrected chi connectivity index (χ2v) is 6.22. The number of rotatable bonds is 5. The summed E-state index contributed by atoms with van der Waals surface area (Å²) in [6.07, 6.45) is 5.17. The number of nitrogens with zero attached hydrogens (tertiary/aromatic N) is 3. The lowest BCUT2D eigenvalue weighted by Gasteiger charge is -2.22. The number of aromatic nitrogens is 2. The normalized spacial score (nSPS) is 16.4. The minimum atomic E-state index is -0.206. The molecular weight excluding hydrogens is 332 g/mol. The third-order valence-corrected chi connectivity index (χ3v) is 4.46. The van der Waals surface area contributed by atoms with E-state index in [2.05, 4.69) is 15.3 Å². The summed E-state index contributed by atoms with van der Waals surface area (Å²) in [7, 11) is 1.56. The largest absolute Gasteiger partial charge is 0.497 e. The molecule has 2 heterocycles. The molecule has 0 bridgehead atoms. The number of nitrogens with one attached hydrogen (secondary N) is 1. The van der Waals surface area contributed by atoms with Gasteiger partial charge < -0.3 is 15.0 Å². The smallest absolute Gasteiger partial charge is 0.251 e. The molecule has 0 radical (unpaired) electrons. The van der Waals surface area contributed by atoms with Gasteiger partial charge in [0.1, 0.15) is 5.75 Å². The highest BCUT2D eigenvalue weighted by Crippen LogP contribution is 2.30. The molecule has 1 fully saturated rings. The van der Waals surface area contributed by atoms with Gasteiger partial charge >= 0.3 is 0 Å². The van der Waals surface area contributed by atoms with E-state index >= 15 is 0 Å². The Hall–Kier alpha value is -2.96. The third kappa shape index (κ3) is 3.99. The molecule has 1 atom stereocenters. The molecular formula is C19H22N4O3. The summed E-state index contributed by atoms with van der Waals surface area (Å²) in [5.74, 6) is 0.471. The van der Waals surface area contributed by atoms with Crippen LogP contribution in [0.15, 0.2) is 36.7 Å². The lowest BCUT2D eigenvalue weighted by molar-refractivity contribution is -0.129. The Morgan fingerprint density at radius 2 is 2.19 bits per heavy atom. The first-order chi connectivity index (χ1) is 12.6. The van der Waals surface area contributed by atoms with E-state index in [1.807, 2.05) is 4.90 Å². The molecule has 7 heteroatoms. The van der Waals surface area contributed by atoms with Crippen LogP contribution >= 0.6 is 0 Å². The van der Waals surface area contributed by atoms with Gasteiger partial charge in [-0.15, -0.1) is 0 Å². The number of carbonyl (C=O) groups is 2. The lowest BCUT2D eigenvalue weighted by atomic mass is 10.1. The van der Waals surface area contributed by atoms with Crippen LogP contribution in [0, 0.1) is 0 Å². The number of benzene rings is 1. The van der Waals surface area contributed by atoms with Crippen molar-refractivity contribution in [3.05, 3.63) is 53.6 Å². The van der Waals surface area contributed by atoms with E-state index in [1.165, 1.54) is 0 Å². The average molecular weight is 354 g/mol. The summed E-state index contributed by atoms with van der Waals surface area (Å²) in [5, 5.41) is 2.84. The molecule has 1 aliphatic rings. The van der Waals surface area contributed by atoms with Crippen LogP contribution in [-0.2, 0) is 11.3 Å². The SMILES string of the molecule is COc1cccc(C(=O)NCc2cncc([C@H]3CCCN3C(C)=O)n2)c1. The van der Waals surface area contributed by atoms with Gasteiger partial charge in [0.2, 0.25) is 5.91 Å². The molecule has 0 spiro atoms. The molecule has 136 valence electrons. The van der Waals surface area contributed by atoms with Crippen LogP contribution in [0.2, 0.25) is 0 Å². The van der Waals surface area contributed by atoms with Gasteiger partial charge in [-0.2, -0.15) is 0 Å². The van der Waals surface area contributed by atoms with Crippen LogP contribution in [0.5, 0.6) is 5.75 Å². The molecule has 1 aromatic carbocycles. The Balaban J connectivity index is 1.67. The molecule has 0 aliphatic carbocycles. The first kappa shape index (κ1) is 17.8. The van der Waals surface area contributed by atoms with Crippen LogP contribution in [0.4, 0.5) is 0 Å². The van der Waals surface area contributed by atoms with Crippen molar-refractivity contribution in [1.82, 2.24) is 20.2 Å². The Morgan fingerprint density at radius 1 is 1.35 bits per heavy atom. The van der Waals surface area contributed by atoms with Crippen molar-refractivity contribution in [2.24, 2.45) is 0 Å². The van der Waals surface area contributed by atoms with E-state index in [0.29, 0.717) is 17.0 Å². The Bertz CT molecular complexity index is 809. The summed E-state index contributed by atoms with van der Waals surface area (Å²) in [6, 6.07) is 6.93. The predicted octanol–water partition coefficient (Wildman–Crippen LogP) is 2.10. The monoisotopic (exact) mass is 354 g/mol. The fraction of sp³-hybridized carbons (Fsp3) is 0.368. The molecule has 1 aromatic heterocycles. The highest BCUT2D eigenvalue weighted by Gasteiger charge is 2.29. The number of carbonyl (C=O) groups excluding carboxylic acids is 2. The molecule has 26 heavy (non-hydrogen) atoms. The van der Waals surface area contributed by atoms with Gasteiger partial charge in [0.05, 0.1) is 43.5 Å². The number of likely N-dealkylation sites (tertiary alicyclic amines) is 1. The Labute approximate surface area is 152 Å². The minimum absolute atomic E-state index is 0.0333. The van der Waals surface area contributed by atoms with Crippen LogP contribution in [0.1, 0.15) is 47.6 Å². The van der Waals surface area contributed by atoms with Crippen LogP contribution in [0.3, 0.4) is 0 Å². The highest BCUT2D eigenvalue weighted by molar-refractivity contribution is 5.94.